The van der Waals surface area contributed by atoms with Gasteiger partial charge < -0.3 is 9.84 Å². The molecular formula is C18H13BrN2O2. The van der Waals surface area contributed by atoms with E-state index >= 15 is 0 Å². The van der Waals surface area contributed by atoms with Gasteiger partial charge in [-0.15, -0.1) is 0 Å². The third kappa shape index (κ3) is 3.91. The van der Waals surface area contributed by atoms with Crippen LogP contribution in [-0.2, 0) is 0 Å². The van der Waals surface area contributed by atoms with Crippen LogP contribution < -0.4 is 4.74 Å². The monoisotopic (exact) mass is 368 g/mol. The summed E-state index contributed by atoms with van der Waals surface area (Å²) in [5.74, 6) is 0.366. The van der Waals surface area contributed by atoms with E-state index in [-0.39, 0.29) is 5.75 Å². The molecule has 0 spiro atoms. The number of nitrogens with zero attached hydrogens (tertiary/aromatic N) is 2. The normalized spacial score (nSPS) is 10.7. The van der Waals surface area contributed by atoms with E-state index in [4.69, 9.17) is 10.00 Å². The maximum absolute atomic E-state index is 9.94. The SMILES string of the molecule is CCOc1cc(/C=C(/C#N)c2cccc(C#N)c2)cc(Br)c1O. The van der Waals surface area contributed by atoms with Gasteiger partial charge in [-0.3, -0.25) is 0 Å². The molecule has 0 aliphatic rings. The van der Waals surface area contributed by atoms with E-state index in [1.54, 1.807) is 42.5 Å². The summed E-state index contributed by atoms with van der Waals surface area (Å²) in [5, 5.41) is 28.3. The number of nitriles is 2. The van der Waals surface area contributed by atoms with Gasteiger partial charge >= 0.3 is 0 Å². The summed E-state index contributed by atoms with van der Waals surface area (Å²) in [6.07, 6.45) is 1.68. The maximum atomic E-state index is 9.94. The first kappa shape index (κ1) is 16.6. The summed E-state index contributed by atoms with van der Waals surface area (Å²) >= 11 is 3.27. The van der Waals surface area contributed by atoms with E-state index in [9.17, 15) is 10.4 Å². The number of phenols is 1. The molecule has 0 saturated carbocycles. The molecular weight excluding hydrogens is 356 g/mol. The molecule has 5 heteroatoms. The highest BCUT2D eigenvalue weighted by Crippen LogP contribution is 2.36. The van der Waals surface area contributed by atoms with Crippen molar-refractivity contribution < 1.29 is 9.84 Å². The van der Waals surface area contributed by atoms with Crippen LogP contribution in [0.4, 0.5) is 0 Å². The van der Waals surface area contributed by atoms with Crippen LogP contribution in [0.1, 0.15) is 23.6 Å². The second kappa shape index (κ2) is 7.49. The van der Waals surface area contributed by atoms with E-state index in [1.807, 2.05) is 6.92 Å². The molecule has 0 unspecified atom stereocenters. The molecule has 23 heavy (non-hydrogen) atoms. The minimum atomic E-state index is 0.0222. The number of benzene rings is 2. The van der Waals surface area contributed by atoms with E-state index < -0.39 is 0 Å². The highest BCUT2D eigenvalue weighted by atomic mass is 79.9. The van der Waals surface area contributed by atoms with Crippen LogP contribution in [0, 0.1) is 22.7 Å². The molecule has 0 amide bonds. The smallest absolute Gasteiger partial charge is 0.172 e. The Bertz CT molecular complexity index is 845. The number of allylic oxidation sites excluding steroid dienone is 1. The van der Waals surface area contributed by atoms with E-state index in [0.717, 1.165) is 0 Å². The Morgan fingerprint density at radius 1 is 1.30 bits per heavy atom. The predicted octanol–water partition coefficient (Wildman–Crippen LogP) is 4.49. The lowest BCUT2D eigenvalue weighted by Gasteiger charge is -2.09. The zero-order valence-corrected chi connectivity index (χ0v) is 14.0. The van der Waals surface area contributed by atoms with Crippen LogP contribution >= 0.6 is 15.9 Å². The van der Waals surface area contributed by atoms with Crippen LogP contribution in [0.3, 0.4) is 0 Å². The fourth-order valence-electron chi connectivity index (χ4n) is 2.05. The zero-order valence-electron chi connectivity index (χ0n) is 12.4. The molecule has 2 aromatic rings. The van der Waals surface area contributed by atoms with Crippen LogP contribution in [0.5, 0.6) is 11.5 Å². The number of ether oxygens (including phenoxy) is 1. The van der Waals surface area contributed by atoms with E-state index in [1.165, 1.54) is 0 Å². The first-order valence-electron chi connectivity index (χ1n) is 6.86. The van der Waals surface area contributed by atoms with Crippen LogP contribution in [0.2, 0.25) is 0 Å². The van der Waals surface area contributed by atoms with Crippen LogP contribution in [-0.4, -0.2) is 11.7 Å². The number of phenolic OH excluding ortho intramolecular Hbond substituents is 1. The van der Waals surface area contributed by atoms with Crippen molar-refractivity contribution in [3.05, 3.63) is 57.6 Å². The average Bonchev–Trinajstić information content (AvgIpc) is 2.57. The summed E-state index contributed by atoms with van der Waals surface area (Å²) in [4.78, 5) is 0. The zero-order chi connectivity index (χ0) is 16.8. The van der Waals surface area contributed by atoms with Gasteiger partial charge in [0.25, 0.3) is 0 Å². The predicted molar refractivity (Wildman–Crippen MR) is 91.6 cm³/mol. The van der Waals surface area contributed by atoms with Gasteiger partial charge in [-0.1, -0.05) is 12.1 Å². The molecule has 4 nitrogen and oxygen atoms in total. The fraction of sp³-hybridized carbons (Fsp3) is 0.111. The van der Waals surface area contributed by atoms with Crippen molar-refractivity contribution in [1.29, 1.82) is 10.5 Å². The Labute approximate surface area is 143 Å². The van der Waals surface area contributed by atoms with E-state index in [2.05, 4.69) is 28.1 Å². The second-order valence-electron chi connectivity index (χ2n) is 4.64. The van der Waals surface area contributed by atoms with Crippen molar-refractivity contribution in [1.82, 2.24) is 0 Å². The fourth-order valence-corrected chi connectivity index (χ4v) is 2.51. The third-order valence-electron chi connectivity index (χ3n) is 3.08. The number of halogens is 1. The first-order chi connectivity index (χ1) is 11.1. The Balaban J connectivity index is 2.50. The van der Waals surface area contributed by atoms with Gasteiger partial charge in [0.1, 0.15) is 0 Å². The van der Waals surface area contributed by atoms with Gasteiger partial charge in [-0.05, 0) is 64.3 Å². The van der Waals surface area contributed by atoms with Gasteiger partial charge in [0, 0.05) is 0 Å². The highest BCUT2D eigenvalue weighted by Gasteiger charge is 2.10. The summed E-state index contributed by atoms with van der Waals surface area (Å²) in [7, 11) is 0. The molecule has 0 atom stereocenters. The summed E-state index contributed by atoms with van der Waals surface area (Å²) in [5.41, 5.74) is 2.28. The largest absolute Gasteiger partial charge is 0.503 e. The first-order valence-corrected chi connectivity index (χ1v) is 7.66. The molecule has 0 aliphatic carbocycles. The van der Waals surface area contributed by atoms with E-state index in [0.29, 0.717) is 39.1 Å². The van der Waals surface area contributed by atoms with Crippen molar-refractivity contribution in [2.24, 2.45) is 0 Å². The molecule has 1 N–H and O–H groups in total. The second-order valence-corrected chi connectivity index (χ2v) is 5.50. The number of rotatable bonds is 4. The number of aromatic hydroxyl groups is 1. The highest BCUT2D eigenvalue weighted by molar-refractivity contribution is 9.10. The van der Waals surface area contributed by atoms with Crippen molar-refractivity contribution in [2.45, 2.75) is 6.92 Å². The van der Waals surface area contributed by atoms with Crippen LogP contribution in [0.15, 0.2) is 40.9 Å². The van der Waals surface area contributed by atoms with Crippen molar-refractivity contribution in [2.75, 3.05) is 6.61 Å². The molecule has 0 aromatic heterocycles. The molecule has 0 bridgehead atoms. The Morgan fingerprint density at radius 2 is 2.09 bits per heavy atom. The average molecular weight is 369 g/mol. The quantitative estimate of drug-likeness (QED) is 0.636. The van der Waals surface area contributed by atoms with Crippen molar-refractivity contribution >= 4 is 27.6 Å². The molecule has 0 fully saturated rings. The molecule has 0 heterocycles. The van der Waals surface area contributed by atoms with Crippen molar-refractivity contribution in [3.8, 4) is 23.6 Å². The summed E-state index contributed by atoms with van der Waals surface area (Å²) in [6, 6.07) is 14.4. The third-order valence-corrected chi connectivity index (χ3v) is 3.69. The minimum absolute atomic E-state index is 0.0222. The van der Waals surface area contributed by atoms with Gasteiger partial charge in [0.15, 0.2) is 11.5 Å². The minimum Gasteiger partial charge on any atom is -0.503 e. The molecule has 114 valence electrons. The summed E-state index contributed by atoms with van der Waals surface area (Å²) < 4.78 is 5.86. The molecule has 0 saturated heterocycles. The Kier molecular flexibility index (Phi) is 5.41. The van der Waals surface area contributed by atoms with Gasteiger partial charge in [0.05, 0.1) is 34.4 Å². The number of hydrogen-bond acceptors (Lipinski definition) is 4. The molecule has 0 aliphatic heterocycles. The Hall–Kier alpha value is -2.76. The number of hydrogen-bond donors (Lipinski definition) is 1. The van der Waals surface area contributed by atoms with Gasteiger partial charge in [0.2, 0.25) is 0 Å². The topological polar surface area (TPSA) is 77.0 Å². The Morgan fingerprint density at radius 3 is 2.74 bits per heavy atom. The van der Waals surface area contributed by atoms with Crippen molar-refractivity contribution in [3.63, 3.8) is 0 Å². The molecule has 2 aromatic carbocycles. The lowest BCUT2D eigenvalue weighted by molar-refractivity contribution is 0.317. The van der Waals surface area contributed by atoms with Crippen LogP contribution in [0.25, 0.3) is 11.6 Å². The van der Waals surface area contributed by atoms with Gasteiger partial charge in [-0.2, -0.15) is 10.5 Å². The molecule has 0 radical (unpaired) electrons. The standard InChI is InChI=1S/C18H13BrN2O2/c1-2-23-17-9-13(8-16(19)18(17)22)7-15(11-21)14-5-3-4-12(6-14)10-20/h3-9,22H,2H2,1H3/b15-7-. The van der Waals surface area contributed by atoms with Gasteiger partial charge in [-0.25, -0.2) is 0 Å². The maximum Gasteiger partial charge on any atom is 0.172 e. The lowest BCUT2D eigenvalue weighted by Crippen LogP contribution is -1.93. The molecule has 2 rings (SSSR count). The summed E-state index contributed by atoms with van der Waals surface area (Å²) in [6.45, 7) is 2.24. The lowest BCUT2D eigenvalue weighted by atomic mass is 10.0.